The molecule has 1 aromatic heterocycles. The Balaban J connectivity index is 1.53. The van der Waals surface area contributed by atoms with Gasteiger partial charge in [-0.1, -0.05) is 94.7 Å². The van der Waals surface area contributed by atoms with E-state index in [4.69, 9.17) is 54.0 Å². The maximum atomic E-state index is 14.3. The predicted molar refractivity (Wildman–Crippen MR) is 186 cm³/mol. The van der Waals surface area contributed by atoms with Crippen LogP contribution in [0.2, 0.25) is 15.1 Å². The normalized spacial score (nSPS) is 14.4. The number of fused-ring (bicyclic) bond motifs is 1. The number of ether oxygens (including phenoxy) is 3. The minimum absolute atomic E-state index is 0.156. The van der Waals surface area contributed by atoms with Crippen LogP contribution >= 0.6 is 46.1 Å². The molecule has 0 saturated carbocycles. The number of nitrogens with zero attached hydrogens (tertiary/aromatic N) is 2. The molecule has 6 rings (SSSR count). The van der Waals surface area contributed by atoms with Gasteiger partial charge in [-0.3, -0.25) is 9.36 Å². The molecule has 4 aromatic carbocycles. The summed E-state index contributed by atoms with van der Waals surface area (Å²) in [6.07, 6.45) is 1.72. The highest BCUT2D eigenvalue weighted by Gasteiger charge is 2.35. The molecule has 0 bridgehead atoms. The summed E-state index contributed by atoms with van der Waals surface area (Å²) in [6.45, 7) is 2.06. The molecule has 238 valence electrons. The van der Waals surface area contributed by atoms with Crippen LogP contribution in [-0.2, 0) is 16.1 Å². The van der Waals surface area contributed by atoms with E-state index in [-0.39, 0.29) is 24.3 Å². The number of hydrogen-bond acceptors (Lipinski definition) is 7. The van der Waals surface area contributed by atoms with Crippen molar-refractivity contribution in [2.45, 2.75) is 19.6 Å². The molecule has 47 heavy (non-hydrogen) atoms. The Morgan fingerprint density at radius 2 is 1.68 bits per heavy atom. The second kappa shape index (κ2) is 14.2. The van der Waals surface area contributed by atoms with Crippen LogP contribution < -0.4 is 24.4 Å². The van der Waals surface area contributed by atoms with E-state index in [9.17, 15) is 9.59 Å². The number of halogens is 3. The van der Waals surface area contributed by atoms with Crippen molar-refractivity contribution in [3.63, 3.8) is 0 Å². The third-order valence-corrected chi connectivity index (χ3v) is 9.27. The lowest BCUT2D eigenvalue weighted by Crippen LogP contribution is -2.40. The third-order valence-electron chi connectivity index (χ3n) is 7.46. The monoisotopic (exact) mass is 704 g/mol. The van der Waals surface area contributed by atoms with Gasteiger partial charge in [-0.15, -0.1) is 0 Å². The highest BCUT2D eigenvalue weighted by Crippen LogP contribution is 2.36. The van der Waals surface area contributed by atoms with E-state index in [0.717, 1.165) is 11.1 Å². The predicted octanol–water partition coefficient (Wildman–Crippen LogP) is 7.48. The first-order valence-electron chi connectivity index (χ1n) is 14.6. The molecule has 0 saturated heterocycles. The Morgan fingerprint density at radius 1 is 0.957 bits per heavy atom. The molecule has 7 nitrogen and oxygen atoms in total. The number of methoxy groups -OCH3 is 1. The van der Waals surface area contributed by atoms with E-state index in [1.54, 1.807) is 68.6 Å². The SMILES string of the molecule is CCOC(=O)C1=C(c2ccccc2)N=c2s/c(=C\c3cc(Cl)ccc3OCc3ccc(Cl)cc3Cl)c(=O)n2[C@H]1c1ccc(OC)cc1. The Bertz CT molecular complexity index is 2180. The lowest BCUT2D eigenvalue weighted by Gasteiger charge is -2.26. The number of thiazole rings is 1. The topological polar surface area (TPSA) is 79.1 Å². The highest BCUT2D eigenvalue weighted by molar-refractivity contribution is 7.07. The number of rotatable bonds is 9. The van der Waals surface area contributed by atoms with Crippen LogP contribution in [0.25, 0.3) is 11.8 Å². The average Bonchev–Trinajstić information content (AvgIpc) is 3.38. The van der Waals surface area contributed by atoms with Gasteiger partial charge < -0.3 is 14.2 Å². The summed E-state index contributed by atoms with van der Waals surface area (Å²) in [6, 6.07) is 26.2. The number of carbonyl (C=O) groups is 1. The van der Waals surface area contributed by atoms with Crippen LogP contribution in [0.1, 0.15) is 35.2 Å². The van der Waals surface area contributed by atoms with Crippen molar-refractivity contribution in [1.82, 2.24) is 4.57 Å². The molecule has 1 aliphatic heterocycles. The van der Waals surface area contributed by atoms with Crippen molar-refractivity contribution in [2.75, 3.05) is 13.7 Å². The van der Waals surface area contributed by atoms with E-state index in [0.29, 0.717) is 52.7 Å². The zero-order chi connectivity index (χ0) is 33.1. The molecule has 0 radical (unpaired) electrons. The van der Waals surface area contributed by atoms with Crippen LogP contribution in [0, 0.1) is 0 Å². The van der Waals surface area contributed by atoms with Crippen LogP contribution in [0.4, 0.5) is 0 Å². The van der Waals surface area contributed by atoms with Crippen LogP contribution in [0.3, 0.4) is 0 Å². The molecular formula is C36H27Cl3N2O5S. The van der Waals surface area contributed by atoms with Crippen LogP contribution in [0.15, 0.2) is 106 Å². The van der Waals surface area contributed by atoms with E-state index < -0.39 is 12.0 Å². The number of hydrogen-bond donors (Lipinski definition) is 0. The van der Waals surface area contributed by atoms with Gasteiger partial charge in [-0.2, -0.15) is 0 Å². The smallest absolute Gasteiger partial charge is 0.338 e. The molecule has 1 atom stereocenters. The summed E-state index contributed by atoms with van der Waals surface area (Å²) >= 11 is 20.0. The maximum Gasteiger partial charge on any atom is 0.338 e. The zero-order valence-corrected chi connectivity index (χ0v) is 28.3. The Morgan fingerprint density at radius 3 is 2.38 bits per heavy atom. The Kier molecular flexibility index (Phi) is 9.84. The van der Waals surface area contributed by atoms with Crippen molar-refractivity contribution < 1.29 is 19.0 Å². The standard InChI is InChI=1S/C36H27Cl3N2O5S/c1-3-45-35(43)31-32(21-7-5-4-6-8-21)40-36-41(33(31)22-10-14-27(44-2)15-11-22)34(42)30(47-36)18-24-17-25(37)13-16-29(24)46-20-23-9-12-26(38)19-28(23)39/h4-19,33H,3,20H2,1-2H3/b30-18-/t33-/m0/s1. The summed E-state index contributed by atoms with van der Waals surface area (Å²) in [5.41, 5.74) is 3.10. The van der Waals surface area contributed by atoms with E-state index >= 15 is 0 Å². The molecular weight excluding hydrogens is 679 g/mol. The van der Waals surface area contributed by atoms with Gasteiger partial charge in [0.2, 0.25) is 0 Å². The quantitative estimate of drug-likeness (QED) is 0.149. The molecule has 0 spiro atoms. The summed E-state index contributed by atoms with van der Waals surface area (Å²) in [5.74, 6) is 0.575. The molecule has 5 aromatic rings. The fourth-order valence-corrected chi connectivity index (χ4v) is 6.88. The first-order valence-corrected chi connectivity index (χ1v) is 16.5. The van der Waals surface area contributed by atoms with E-state index in [2.05, 4.69) is 0 Å². The first kappa shape index (κ1) is 32.6. The van der Waals surface area contributed by atoms with Crippen molar-refractivity contribution in [1.29, 1.82) is 0 Å². The van der Waals surface area contributed by atoms with Crippen LogP contribution in [0.5, 0.6) is 11.5 Å². The summed E-state index contributed by atoms with van der Waals surface area (Å²) in [4.78, 5) is 33.3. The molecule has 0 unspecified atom stereocenters. The Labute approximate surface area is 289 Å². The van der Waals surface area contributed by atoms with Crippen molar-refractivity contribution in [2.24, 2.45) is 4.99 Å². The molecule has 1 aliphatic rings. The molecule has 2 heterocycles. The zero-order valence-electron chi connectivity index (χ0n) is 25.2. The molecule has 0 N–H and O–H groups in total. The average molecular weight is 706 g/mol. The van der Waals surface area contributed by atoms with Crippen LogP contribution in [-0.4, -0.2) is 24.3 Å². The summed E-state index contributed by atoms with van der Waals surface area (Å²) in [5, 5.41) is 1.47. The van der Waals surface area contributed by atoms with Crippen molar-refractivity contribution in [3.05, 3.63) is 154 Å². The van der Waals surface area contributed by atoms with Gasteiger partial charge in [0, 0.05) is 31.8 Å². The van der Waals surface area contributed by atoms with Gasteiger partial charge in [-0.25, -0.2) is 9.79 Å². The van der Waals surface area contributed by atoms with E-state index in [1.165, 1.54) is 15.9 Å². The third kappa shape index (κ3) is 6.87. The first-order chi connectivity index (χ1) is 22.8. The summed E-state index contributed by atoms with van der Waals surface area (Å²) in [7, 11) is 1.58. The second-order valence-electron chi connectivity index (χ2n) is 10.4. The number of carbonyl (C=O) groups excluding carboxylic acids is 1. The summed E-state index contributed by atoms with van der Waals surface area (Å²) < 4.78 is 19.0. The molecule has 0 fully saturated rings. The molecule has 0 amide bonds. The fraction of sp³-hybridized carbons (Fsp3) is 0.139. The number of aromatic nitrogens is 1. The van der Waals surface area contributed by atoms with Crippen molar-refractivity contribution in [3.8, 4) is 11.5 Å². The highest BCUT2D eigenvalue weighted by atomic mass is 35.5. The minimum atomic E-state index is -0.823. The minimum Gasteiger partial charge on any atom is -0.497 e. The lowest BCUT2D eigenvalue weighted by atomic mass is 9.93. The van der Waals surface area contributed by atoms with Gasteiger partial charge >= 0.3 is 5.97 Å². The van der Waals surface area contributed by atoms with E-state index in [1.807, 2.05) is 42.5 Å². The molecule has 11 heteroatoms. The number of benzene rings is 4. The Hall–Kier alpha value is -4.34. The van der Waals surface area contributed by atoms with Gasteiger partial charge in [0.05, 0.1) is 35.6 Å². The van der Waals surface area contributed by atoms with Gasteiger partial charge in [-0.05, 0) is 61.0 Å². The molecule has 0 aliphatic carbocycles. The largest absolute Gasteiger partial charge is 0.497 e. The fourth-order valence-electron chi connectivity index (χ4n) is 5.24. The van der Waals surface area contributed by atoms with Crippen molar-refractivity contribution >= 4 is 63.9 Å². The number of esters is 1. The second-order valence-corrected chi connectivity index (χ2v) is 12.7. The maximum absolute atomic E-state index is 14.3. The van der Waals surface area contributed by atoms with Gasteiger partial charge in [0.15, 0.2) is 4.80 Å². The van der Waals surface area contributed by atoms with Gasteiger partial charge in [0.1, 0.15) is 18.1 Å². The lowest BCUT2D eigenvalue weighted by molar-refractivity contribution is -0.138. The van der Waals surface area contributed by atoms with Gasteiger partial charge in [0.25, 0.3) is 5.56 Å².